The van der Waals surface area contributed by atoms with Crippen molar-refractivity contribution < 1.29 is 28.7 Å². The van der Waals surface area contributed by atoms with Gasteiger partial charge in [0.25, 0.3) is 0 Å². The van der Waals surface area contributed by atoms with E-state index < -0.39 is 5.25 Å². The molecule has 186 valence electrons. The van der Waals surface area contributed by atoms with Crippen LogP contribution in [0.3, 0.4) is 0 Å². The maximum Gasteiger partial charge on any atom is 0.238 e. The number of hydrogen-bond donors (Lipinski definition) is 2. The summed E-state index contributed by atoms with van der Waals surface area (Å²) in [5.41, 5.74) is 1.34. The molecule has 2 aromatic rings. The maximum absolute atomic E-state index is 13.2. The van der Waals surface area contributed by atoms with Gasteiger partial charge in [-0.15, -0.1) is 0 Å². The van der Waals surface area contributed by atoms with E-state index in [1.54, 1.807) is 43.4 Å². The Kier molecular flexibility index (Phi) is 8.62. The molecule has 0 aliphatic carbocycles. The highest BCUT2D eigenvalue weighted by atomic mass is 32.2. The predicted molar refractivity (Wildman–Crippen MR) is 136 cm³/mol. The third-order valence-corrected chi connectivity index (χ3v) is 7.16. The summed E-state index contributed by atoms with van der Waals surface area (Å²) in [6, 6.07) is 14.4. The monoisotopic (exact) mass is 499 g/mol. The number of thioether (sulfide) groups is 1. The number of aliphatic imine (C=N–C) groups is 1. The molecule has 2 fully saturated rings. The number of nitrogens with zero attached hydrogens (tertiary/aromatic N) is 2. The average molecular weight is 500 g/mol. The SMILES string of the molecule is COc1ccc(N=C2S[C@@H](C(=O)Nc3ccc(OC)cc3)CC(=O)N2CC[NH+]2CCOCC2)cc1. The second-order valence-corrected chi connectivity index (χ2v) is 9.45. The Bertz CT molecular complexity index is 1040. The first kappa shape index (κ1) is 25.0. The summed E-state index contributed by atoms with van der Waals surface area (Å²) >= 11 is 1.32. The van der Waals surface area contributed by atoms with E-state index in [0.29, 0.717) is 28.8 Å². The van der Waals surface area contributed by atoms with E-state index in [2.05, 4.69) is 5.32 Å². The molecule has 2 saturated heterocycles. The van der Waals surface area contributed by atoms with Gasteiger partial charge in [-0.25, -0.2) is 4.99 Å². The van der Waals surface area contributed by atoms with Crippen LogP contribution in [0.4, 0.5) is 11.4 Å². The van der Waals surface area contributed by atoms with Crippen molar-refractivity contribution in [3.8, 4) is 11.5 Å². The molecule has 4 rings (SSSR count). The van der Waals surface area contributed by atoms with Crippen LogP contribution < -0.4 is 19.7 Å². The molecular weight excluding hydrogens is 468 g/mol. The minimum absolute atomic E-state index is 0.0986. The van der Waals surface area contributed by atoms with Crippen molar-refractivity contribution in [2.24, 2.45) is 4.99 Å². The van der Waals surface area contributed by atoms with Crippen LogP contribution in [0.2, 0.25) is 0 Å². The normalized spacial score (nSPS) is 20.1. The number of quaternary nitrogens is 1. The highest BCUT2D eigenvalue weighted by Crippen LogP contribution is 2.30. The fourth-order valence-electron chi connectivity index (χ4n) is 3.91. The van der Waals surface area contributed by atoms with Crippen LogP contribution in [0.15, 0.2) is 53.5 Å². The number of morpholine rings is 1. The topological polar surface area (TPSA) is 93.9 Å². The number of hydrogen-bond acceptors (Lipinski definition) is 7. The van der Waals surface area contributed by atoms with Crippen LogP contribution in [0.1, 0.15) is 6.42 Å². The Morgan fingerprint density at radius 3 is 2.34 bits per heavy atom. The largest absolute Gasteiger partial charge is 0.497 e. The fraction of sp³-hybridized carbons (Fsp3) is 0.400. The first-order valence-corrected chi connectivity index (χ1v) is 12.5. The molecule has 0 bridgehead atoms. The number of amidine groups is 1. The summed E-state index contributed by atoms with van der Waals surface area (Å²) in [6.45, 7) is 4.67. The summed E-state index contributed by atoms with van der Waals surface area (Å²) in [6.07, 6.45) is 0.118. The summed E-state index contributed by atoms with van der Waals surface area (Å²) in [4.78, 5) is 34.1. The number of ether oxygens (including phenoxy) is 3. The molecule has 2 amide bonds. The molecule has 2 aliphatic rings. The second kappa shape index (κ2) is 12.1. The Morgan fingerprint density at radius 2 is 1.71 bits per heavy atom. The van der Waals surface area contributed by atoms with Crippen LogP contribution in [0, 0.1) is 0 Å². The smallest absolute Gasteiger partial charge is 0.238 e. The van der Waals surface area contributed by atoms with E-state index in [1.807, 2.05) is 24.3 Å². The van der Waals surface area contributed by atoms with Gasteiger partial charge in [0, 0.05) is 12.1 Å². The van der Waals surface area contributed by atoms with Gasteiger partial charge in [0.2, 0.25) is 11.8 Å². The van der Waals surface area contributed by atoms with Crippen molar-refractivity contribution in [3.05, 3.63) is 48.5 Å². The maximum atomic E-state index is 13.2. The highest BCUT2D eigenvalue weighted by molar-refractivity contribution is 8.15. The minimum atomic E-state index is -0.575. The number of anilines is 1. The number of carbonyl (C=O) groups is 2. The van der Waals surface area contributed by atoms with Crippen LogP contribution in [0.25, 0.3) is 0 Å². The van der Waals surface area contributed by atoms with Crippen molar-refractivity contribution in [2.75, 3.05) is 58.9 Å². The molecule has 2 N–H and O–H groups in total. The molecule has 2 heterocycles. The molecule has 0 radical (unpaired) electrons. The zero-order valence-corrected chi connectivity index (χ0v) is 20.8. The van der Waals surface area contributed by atoms with E-state index in [1.165, 1.54) is 16.7 Å². The molecule has 0 unspecified atom stereocenters. The molecule has 0 spiro atoms. The van der Waals surface area contributed by atoms with Gasteiger partial charge in [0.1, 0.15) is 29.8 Å². The third kappa shape index (κ3) is 6.74. The number of methoxy groups -OCH3 is 2. The minimum Gasteiger partial charge on any atom is -0.497 e. The van der Waals surface area contributed by atoms with Gasteiger partial charge in [-0.3, -0.25) is 14.5 Å². The highest BCUT2D eigenvalue weighted by Gasteiger charge is 2.36. The first-order chi connectivity index (χ1) is 17.1. The Morgan fingerprint density at radius 1 is 1.09 bits per heavy atom. The fourth-order valence-corrected chi connectivity index (χ4v) is 5.03. The lowest BCUT2D eigenvalue weighted by molar-refractivity contribution is -0.907. The van der Waals surface area contributed by atoms with E-state index in [4.69, 9.17) is 19.2 Å². The van der Waals surface area contributed by atoms with Gasteiger partial charge in [-0.2, -0.15) is 0 Å². The van der Waals surface area contributed by atoms with Gasteiger partial charge < -0.3 is 24.4 Å². The molecule has 1 atom stereocenters. The van der Waals surface area contributed by atoms with Crippen LogP contribution in [-0.2, 0) is 14.3 Å². The lowest BCUT2D eigenvalue weighted by Gasteiger charge is -2.33. The van der Waals surface area contributed by atoms with Crippen LogP contribution in [0.5, 0.6) is 11.5 Å². The summed E-state index contributed by atoms with van der Waals surface area (Å²) in [7, 11) is 3.20. The lowest BCUT2D eigenvalue weighted by atomic mass is 10.2. The average Bonchev–Trinajstić information content (AvgIpc) is 2.89. The number of nitrogens with one attached hydrogen (secondary N) is 2. The van der Waals surface area contributed by atoms with Crippen molar-refractivity contribution in [1.82, 2.24) is 4.90 Å². The van der Waals surface area contributed by atoms with Crippen LogP contribution >= 0.6 is 11.8 Å². The van der Waals surface area contributed by atoms with Crippen molar-refractivity contribution >= 4 is 40.1 Å². The summed E-state index contributed by atoms with van der Waals surface area (Å²) in [5.74, 6) is 1.11. The molecule has 35 heavy (non-hydrogen) atoms. The van der Waals surface area contributed by atoms with Gasteiger partial charge in [0.15, 0.2) is 5.17 Å². The van der Waals surface area contributed by atoms with Crippen molar-refractivity contribution in [2.45, 2.75) is 11.7 Å². The third-order valence-electron chi connectivity index (χ3n) is 5.98. The standard InChI is InChI=1S/C25H30N4O5S/c1-32-20-7-3-18(4-8-20)26-24(31)22-17-23(30)29(12-11-28-13-15-34-16-14-28)25(35-22)27-19-5-9-21(33-2)10-6-19/h3-10,22H,11-17H2,1-2H3,(H,26,31)/p+1/t22-/m1/s1. The summed E-state index contributed by atoms with van der Waals surface area (Å²) in [5, 5.41) is 2.87. The predicted octanol–water partition coefficient (Wildman–Crippen LogP) is 1.58. The number of rotatable bonds is 8. The molecule has 0 saturated carbocycles. The Balaban J connectivity index is 1.50. The van der Waals surface area contributed by atoms with Gasteiger partial charge in [-0.1, -0.05) is 11.8 Å². The number of benzene rings is 2. The zero-order chi connectivity index (χ0) is 24.6. The van der Waals surface area contributed by atoms with E-state index >= 15 is 0 Å². The van der Waals surface area contributed by atoms with Gasteiger partial charge >= 0.3 is 0 Å². The van der Waals surface area contributed by atoms with E-state index in [0.717, 1.165) is 38.6 Å². The quantitative estimate of drug-likeness (QED) is 0.573. The molecule has 9 nitrogen and oxygen atoms in total. The second-order valence-electron chi connectivity index (χ2n) is 8.28. The van der Waals surface area contributed by atoms with Crippen LogP contribution in [-0.4, -0.2) is 80.7 Å². The van der Waals surface area contributed by atoms with Gasteiger partial charge in [-0.05, 0) is 48.5 Å². The van der Waals surface area contributed by atoms with Crippen molar-refractivity contribution in [1.29, 1.82) is 0 Å². The number of carbonyl (C=O) groups excluding carboxylic acids is 2. The zero-order valence-electron chi connectivity index (χ0n) is 20.0. The number of amides is 2. The molecule has 2 aromatic carbocycles. The molecule has 2 aliphatic heterocycles. The van der Waals surface area contributed by atoms with Crippen molar-refractivity contribution in [3.63, 3.8) is 0 Å². The molecular formula is C25H31N4O5S+. The first-order valence-electron chi connectivity index (χ1n) is 11.6. The van der Waals surface area contributed by atoms with E-state index in [9.17, 15) is 9.59 Å². The molecule has 0 aromatic heterocycles. The van der Waals surface area contributed by atoms with E-state index in [-0.39, 0.29) is 18.2 Å². The van der Waals surface area contributed by atoms with Gasteiger partial charge in [0.05, 0.1) is 46.2 Å². The summed E-state index contributed by atoms with van der Waals surface area (Å²) < 4.78 is 15.8. The Labute approximate surface area is 209 Å². The Hall–Kier alpha value is -3.08. The lowest BCUT2D eigenvalue weighted by Crippen LogP contribution is -3.14. The molecule has 10 heteroatoms.